The molecule has 0 aliphatic heterocycles. The van der Waals surface area contributed by atoms with Gasteiger partial charge < -0.3 is 4.74 Å². The fourth-order valence-electron chi connectivity index (χ4n) is 2.33. The first-order chi connectivity index (χ1) is 9.43. The molecule has 1 atom stereocenters. The summed E-state index contributed by atoms with van der Waals surface area (Å²) in [5, 5.41) is 0. The molecule has 0 saturated carbocycles. The van der Waals surface area contributed by atoms with Gasteiger partial charge in [-0.3, -0.25) is 0 Å². The minimum absolute atomic E-state index is 0.0188. The maximum Gasteiger partial charge on any atom is 0.133 e. The van der Waals surface area contributed by atoms with E-state index in [-0.39, 0.29) is 10.6 Å². The van der Waals surface area contributed by atoms with Crippen LogP contribution in [0.4, 0.5) is 4.39 Å². The van der Waals surface area contributed by atoms with Crippen LogP contribution in [0.3, 0.4) is 0 Å². The highest BCUT2D eigenvalue weighted by Gasteiger charge is 2.17. The molecule has 2 rings (SSSR count). The first-order valence-corrected chi connectivity index (χ1v) is 7.89. The molecule has 0 fully saturated rings. The zero-order valence-corrected chi connectivity index (χ0v) is 14.7. The first-order valence-electron chi connectivity index (χ1n) is 6.18. The van der Waals surface area contributed by atoms with Gasteiger partial charge >= 0.3 is 0 Å². The molecule has 0 bridgehead atoms. The Balaban J connectivity index is 2.46. The van der Waals surface area contributed by atoms with E-state index in [2.05, 4.69) is 31.9 Å². The van der Waals surface area contributed by atoms with Gasteiger partial charge in [-0.2, -0.15) is 0 Å². The maximum absolute atomic E-state index is 13.4. The highest BCUT2D eigenvalue weighted by atomic mass is 79.9. The van der Waals surface area contributed by atoms with Crippen LogP contribution in [0.5, 0.6) is 5.75 Å². The van der Waals surface area contributed by atoms with Crippen molar-refractivity contribution in [3.63, 3.8) is 0 Å². The summed E-state index contributed by atoms with van der Waals surface area (Å²) in [5.74, 6) is 0.598. The molecular formula is C16H15Br2FO. The van der Waals surface area contributed by atoms with Crippen LogP contribution in [-0.2, 0) is 0 Å². The molecule has 106 valence electrons. The van der Waals surface area contributed by atoms with Crippen molar-refractivity contribution in [2.45, 2.75) is 18.7 Å². The van der Waals surface area contributed by atoms with E-state index in [4.69, 9.17) is 4.74 Å². The Kier molecular flexibility index (Phi) is 4.86. The van der Waals surface area contributed by atoms with Crippen molar-refractivity contribution in [3.8, 4) is 5.75 Å². The molecule has 2 aromatic carbocycles. The molecule has 0 aliphatic rings. The Labute approximate surface area is 135 Å². The SMILES string of the molecule is COc1ccc(C(Br)c2c(C)cc(F)cc2C)cc1Br. The van der Waals surface area contributed by atoms with E-state index in [1.165, 1.54) is 0 Å². The maximum atomic E-state index is 13.4. The van der Waals surface area contributed by atoms with Crippen LogP contribution in [0.25, 0.3) is 0 Å². The highest BCUT2D eigenvalue weighted by molar-refractivity contribution is 9.10. The molecule has 0 amide bonds. The molecule has 0 saturated heterocycles. The quantitative estimate of drug-likeness (QED) is 0.599. The van der Waals surface area contributed by atoms with Gasteiger partial charge in [0.1, 0.15) is 11.6 Å². The van der Waals surface area contributed by atoms with Gasteiger partial charge in [0.15, 0.2) is 0 Å². The van der Waals surface area contributed by atoms with Crippen LogP contribution in [0.2, 0.25) is 0 Å². The molecule has 1 nitrogen and oxygen atoms in total. The average Bonchev–Trinajstić information content (AvgIpc) is 2.37. The number of hydrogen-bond acceptors (Lipinski definition) is 1. The Morgan fingerprint density at radius 2 is 1.70 bits per heavy atom. The van der Waals surface area contributed by atoms with Crippen LogP contribution in [0.1, 0.15) is 27.1 Å². The topological polar surface area (TPSA) is 9.23 Å². The molecule has 20 heavy (non-hydrogen) atoms. The van der Waals surface area contributed by atoms with Gasteiger partial charge in [-0.05, 0) is 76.3 Å². The third kappa shape index (κ3) is 3.07. The van der Waals surface area contributed by atoms with E-state index >= 15 is 0 Å². The minimum atomic E-state index is -0.195. The Hall–Kier alpha value is -0.870. The lowest BCUT2D eigenvalue weighted by molar-refractivity contribution is 0.412. The third-order valence-electron chi connectivity index (χ3n) is 3.28. The van der Waals surface area contributed by atoms with Gasteiger partial charge in [-0.15, -0.1) is 0 Å². The monoisotopic (exact) mass is 400 g/mol. The van der Waals surface area contributed by atoms with E-state index in [1.54, 1.807) is 19.2 Å². The van der Waals surface area contributed by atoms with Gasteiger partial charge in [0, 0.05) is 0 Å². The minimum Gasteiger partial charge on any atom is -0.496 e. The van der Waals surface area contributed by atoms with E-state index in [0.29, 0.717) is 0 Å². The van der Waals surface area contributed by atoms with E-state index in [9.17, 15) is 4.39 Å². The number of hydrogen-bond donors (Lipinski definition) is 0. The Morgan fingerprint density at radius 1 is 1.10 bits per heavy atom. The molecular weight excluding hydrogens is 387 g/mol. The lowest BCUT2D eigenvalue weighted by atomic mass is 9.96. The average molecular weight is 402 g/mol. The van der Waals surface area contributed by atoms with E-state index in [1.807, 2.05) is 32.0 Å². The van der Waals surface area contributed by atoms with Crippen LogP contribution in [-0.4, -0.2) is 7.11 Å². The fraction of sp³-hybridized carbons (Fsp3) is 0.250. The second-order valence-electron chi connectivity index (χ2n) is 4.71. The number of rotatable bonds is 3. The molecule has 0 N–H and O–H groups in total. The summed E-state index contributed by atoms with van der Waals surface area (Å²) in [6.45, 7) is 3.86. The first kappa shape index (κ1) is 15.5. The van der Waals surface area contributed by atoms with Crippen molar-refractivity contribution in [1.29, 1.82) is 0 Å². The van der Waals surface area contributed by atoms with Crippen molar-refractivity contribution in [2.75, 3.05) is 7.11 Å². The largest absolute Gasteiger partial charge is 0.496 e. The summed E-state index contributed by atoms with van der Waals surface area (Å²) in [7, 11) is 1.64. The summed E-state index contributed by atoms with van der Waals surface area (Å²) in [4.78, 5) is 0.0188. The number of alkyl halides is 1. The zero-order chi connectivity index (χ0) is 14.9. The van der Waals surface area contributed by atoms with Gasteiger partial charge in [0.25, 0.3) is 0 Å². The second kappa shape index (κ2) is 6.27. The lowest BCUT2D eigenvalue weighted by Gasteiger charge is -2.17. The summed E-state index contributed by atoms with van der Waals surface area (Å²) in [6.07, 6.45) is 0. The van der Waals surface area contributed by atoms with Crippen molar-refractivity contribution in [2.24, 2.45) is 0 Å². The second-order valence-corrected chi connectivity index (χ2v) is 6.48. The Bertz CT molecular complexity index is 617. The summed E-state index contributed by atoms with van der Waals surface area (Å²) in [5.41, 5.74) is 4.08. The molecule has 0 aromatic heterocycles. The van der Waals surface area contributed by atoms with Crippen molar-refractivity contribution in [3.05, 3.63) is 62.9 Å². The standard InChI is InChI=1S/C16H15Br2FO/c1-9-6-12(19)7-10(2)15(9)16(18)11-4-5-14(20-3)13(17)8-11/h4-8,16H,1-3H3. The van der Waals surface area contributed by atoms with Crippen LogP contribution in [0.15, 0.2) is 34.8 Å². The summed E-state index contributed by atoms with van der Waals surface area (Å²) in [6, 6.07) is 9.07. The van der Waals surface area contributed by atoms with Crippen molar-refractivity contribution >= 4 is 31.9 Å². The van der Waals surface area contributed by atoms with Crippen LogP contribution < -0.4 is 4.74 Å². The van der Waals surface area contributed by atoms with Gasteiger partial charge in [0.2, 0.25) is 0 Å². The van der Waals surface area contributed by atoms with Gasteiger partial charge in [0.05, 0.1) is 16.4 Å². The molecule has 0 spiro atoms. The predicted octanol–water partition coefficient (Wildman–Crippen LogP) is 5.70. The predicted molar refractivity (Wildman–Crippen MR) is 87.3 cm³/mol. The fourth-order valence-corrected chi connectivity index (χ4v) is 3.89. The molecule has 4 heteroatoms. The molecule has 1 unspecified atom stereocenters. The number of aryl methyl sites for hydroxylation is 2. The highest BCUT2D eigenvalue weighted by Crippen LogP contribution is 2.38. The molecule has 0 radical (unpaired) electrons. The van der Waals surface area contributed by atoms with E-state index < -0.39 is 0 Å². The Morgan fingerprint density at radius 3 is 2.20 bits per heavy atom. The van der Waals surface area contributed by atoms with E-state index in [0.717, 1.165) is 32.5 Å². The molecule has 0 aliphatic carbocycles. The zero-order valence-electron chi connectivity index (χ0n) is 11.5. The van der Waals surface area contributed by atoms with Crippen molar-refractivity contribution < 1.29 is 9.13 Å². The normalized spacial score (nSPS) is 12.3. The smallest absolute Gasteiger partial charge is 0.133 e. The summed E-state index contributed by atoms with van der Waals surface area (Å²) >= 11 is 7.21. The van der Waals surface area contributed by atoms with Gasteiger partial charge in [-0.25, -0.2) is 4.39 Å². The number of methoxy groups -OCH3 is 1. The number of ether oxygens (including phenoxy) is 1. The number of halogens is 3. The lowest BCUT2D eigenvalue weighted by Crippen LogP contribution is -2.00. The molecule has 2 aromatic rings. The summed E-state index contributed by atoms with van der Waals surface area (Å²) < 4.78 is 19.5. The third-order valence-corrected chi connectivity index (χ3v) is 4.89. The van der Waals surface area contributed by atoms with Crippen LogP contribution >= 0.6 is 31.9 Å². The van der Waals surface area contributed by atoms with Gasteiger partial charge in [-0.1, -0.05) is 22.0 Å². The van der Waals surface area contributed by atoms with Crippen molar-refractivity contribution in [1.82, 2.24) is 0 Å². The van der Waals surface area contributed by atoms with Crippen LogP contribution in [0, 0.1) is 19.7 Å². The molecule has 0 heterocycles. The number of benzene rings is 2.